The van der Waals surface area contributed by atoms with Crippen molar-refractivity contribution in [3.63, 3.8) is 0 Å². The van der Waals surface area contributed by atoms with E-state index in [1.807, 2.05) is 0 Å². The number of terminal acetylenes is 1. The van der Waals surface area contributed by atoms with E-state index in [0.29, 0.717) is 0 Å². The SMILES string of the molecule is C#CCCCN1CCC(CN(C)C)CC1. The van der Waals surface area contributed by atoms with Gasteiger partial charge in [-0.15, -0.1) is 12.3 Å². The summed E-state index contributed by atoms with van der Waals surface area (Å²) < 4.78 is 0. The summed E-state index contributed by atoms with van der Waals surface area (Å²) in [5, 5.41) is 0. The molecule has 0 aromatic heterocycles. The van der Waals surface area contributed by atoms with Crippen LogP contribution >= 0.6 is 0 Å². The van der Waals surface area contributed by atoms with Crippen LogP contribution in [0.4, 0.5) is 0 Å². The molecule has 0 aromatic rings. The first-order valence-electron chi connectivity index (χ1n) is 6.03. The van der Waals surface area contributed by atoms with E-state index < -0.39 is 0 Å². The molecule has 0 spiro atoms. The summed E-state index contributed by atoms with van der Waals surface area (Å²) in [4.78, 5) is 4.86. The van der Waals surface area contributed by atoms with Crippen molar-refractivity contribution in [3.8, 4) is 12.3 Å². The van der Waals surface area contributed by atoms with E-state index in [1.54, 1.807) is 0 Å². The summed E-state index contributed by atoms with van der Waals surface area (Å²) >= 11 is 0. The number of hydrogen-bond acceptors (Lipinski definition) is 2. The van der Waals surface area contributed by atoms with E-state index in [0.717, 1.165) is 18.8 Å². The highest BCUT2D eigenvalue weighted by Gasteiger charge is 2.18. The van der Waals surface area contributed by atoms with Crippen LogP contribution in [0, 0.1) is 18.3 Å². The largest absolute Gasteiger partial charge is 0.309 e. The minimum absolute atomic E-state index is 0.906. The Bertz CT molecular complexity index is 197. The smallest absolute Gasteiger partial charge is 0.00982 e. The van der Waals surface area contributed by atoms with Crippen molar-refractivity contribution < 1.29 is 0 Å². The molecule has 2 heteroatoms. The van der Waals surface area contributed by atoms with Crippen LogP contribution in [-0.4, -0.2) is 50.1 Å². The van der Waals surface area contributed by atoms with Crippen LogP contribution in [0.5, 0.6) is 0 Å². The van der Waals surface area contributed by atoms with Gasteiger partial charge in [0.2, 0.25) is 0 Å². The molecule has 1 saturated heterocycles. The minimum atomic E-state index is 0.906. The molecule has 0 radical (unpaired) electrons. The maximum atomic E-state index is 5.25. The Morgan fingerprint density at radius 3 is 2.53 bits per heavy atom. The van der Waals surface area contributed by atoms with Crippen LogP contribution in [0.15, 0.2) is 0 Å². The van der Waals surface area contributed by atoms with Crippen molar-refractivity contribution in [3.05, 3.63) is 0 Å². The average molecular weight is 208 g/mol. The van der Waals surface area contributed by atoms with E-state index in [-0.39, 0.29) is 0 Å². The molecule has 0 aromatic carbocycles. The highest BCUT2D eigenvalue weighted by molar-refractivity contribution is 4.84. The van der Waals surface area contributed by atoms with Crippen molar-refractivity contribution in [1.29, 1.82) is 0 Å². The second kappa shape index (κ2) is 6.87. The molecule has 0 aliphatic carbocycles. The molecule has 2 nitrogen and oxygen atoms in total. The molecule has 0 atom stereocenters. The van der Waals surface area contributed by atoms with Crippen molar-refractivity contribution in [2.45, 2.75) is 25.7 Å². The Hall–Kier alpha value is -0.520. The predicted octanol–water partition coefficient (Wildman–Crippen LogP) is 1.67. The third-order valence-corrected chi connectivity index (χ3v) is 3.13. The number of unbranched alkanes of at least 4 members (excludes halogenated alkanes) is 1. The predicted molar refractivity (Wildman–Crippen MR) is 65.8 cm³/mol. The number of likely N-dealkylation sites (tertiary alicyclic amines) is 1. The van der Waals surface area contributed by atoms with E-state index >= 15 is 0 Å². The zero-order valence-corrected chi connectivity index (χ0v) is 10.2. The van der Waals surface area contributed by atoms with Crippen LogP contribution in [0.25, 0.3) is 0 Å². The summed E-state index contributed by atoms with van der Waals surface area (Å²) in [6.07, 6.45) is 10.0. The highest BCUT2D eigenvalue weighted by atomic mass is 15.1. The first-order valence-corrected chi connectivity index (χ1v) is 6.03. The number of nitrogens with zero attached hydrogens (tertiary/aromatic N) is 2. The first kappa shape index (κ1) is 12.5. The molecule has 0 bridgehead atoms. The topological polar surface area (TPSA) is 6.48 Å². The summed E-state index contributed by atoms with van der Waals surface area (Å²) in [5.74, 6) is 3.62. The third-order valence-electron chi connectivity index (χ3n) is 3.13. The van der Waals surface area contributed by atoms with Crippen LogP contribution in [0.1, 0.15) is 25.7 Å². The van der Waals surface area contributed by atoms with Gasteiger partial charge in [-0.2, -0.15) is 0 Å². The lowest BCUT2D eigenvalue weighted by Gasteiger charge is -2.33. The lowest BCUT2D eigenvalue weighted by Crippen LogP contribution is -2.37. The Labute approximate surface area is 94.6 Å². The lowest BCUT2D eigenvalue weighted by molar-refractivity contribution is 0.162. The van der Waals surface area contributed by atoms with Gasteiger partial charge in [0.15, 0.2) is 0 Å². The standard InChI is InChI=1S/C13H24N2/c1-4-5-6-9-15-10-7-13(8-11-15)12-14(2)3/h1,13H,5-12H2,2-3H3. The fourth-order valence-electron chi connectivity index (χ4n) is 2.31. The monoisotopic (exact) mass is 208 g/mol. The zero-order valence-electron chi connectivity index (χ0n) is 10.2. The summed E-state index contributed by atoms with van der Waals surface area (Å²) in [5.41, 5.74) is 0. The summed E-state index contributed by atoms with van der Waals surface area (Å²) in [6.45, 7) is 4.98. The molecule has 1 heterocycles. The fraction of sp³-hybridized carbons (Fsp3) is 0.846. The second-order valence-electron chi connectivity index (χ2n) is 4.85. The normalized spacial score (nSPS) is 19.3. The van der Waals surface area contributed by atoms with Crippen LogP contribution in [-0.2, 0) is 0 Å². The second-order valence-corrected chi connectivity index (χ2v) is 4.85. The Balaban J connectivity index is 2.10. The van der Waals surface area contributed by atoms with E-state index in [4.69, 9.17) is 6.42 Å². The Kier molecular flexibility index (Phi) is 5.75. The van der Waals surface area contributed by atoms with Gasteiger partial charge in [-0.1, -0.05) is 0 Å². The lowest BCUT2D eigenvalue weighted by atomic mass is 9.96. The van der Waals surface area contributed by atoms with Crippen molar-refractivity contribution in [2.24, 2.45) is 5.92 Å². The third kappa shape index (κ3) is 5.20. The minimum Gasteiger partial charge on any atom is -0.309 e. The Morgan fingerprint density at radius 2 is 2.00 bits per heavy atom. The van der Waals surface area contributed by atoms with Crippen molar-refractivity contribution in [1.82, 2.24) is 9.80 Å². The van der Waals surface area contributed by atoms with E-state index in [2.05, 4.69) is 29.8 Å². The van der Waals surface area contributed by atoms with E-state index in [1.165, 1.54) is 39.0 Å². The molecule has 1 fully saturated rings. The van der Waals surface area contributed by atoms with Gasteiger partial charge in [0.1, 0.15) is 0 Å². The molecule has 1 aliphatic rings. The molecule has 86 valence electrons. The zero-order chi connectivity index (χ0) is 11.1. The molecule has 15 heavy (non-hydrogen) atoms. The fourth-order valence-corrected chi connectivity index (χ4v) is 2.31. The first-order chi connectivity index (χ1) is 7.22. The number of rotatable bonds is 5. The molecule has 0 amide bonds. The Morgan fingerprint density at radius 1 is 1.33 bits per heavy atom. The number of hydrogen-bond donors (Lipinski definition) is 0. The summed E-state index contributed by atoms with van der Waals surface area (Å²) in [7, 11) is 4.33. The quantitative estimate of drug-likeness (QED) is 0.501. The molecule has 0 saturated carbocycles. The van der Waals surface area contributed by atoms with Crippen molar-refractivity contribution >= 4 is 0 Å². The maximum Gasteiger partial charge on any atom is 0.00982 e. The van der Waals surface area contributed by atoms with Crippen LogP contribution in [0.2, 0.25) is 0 Å². The molecular formula is C13H24N2. The molecule has 1 rings (SSSR count). The average Bonchev–Trinajstić information content (AvgIpc) is 2.20. The molecule has 1 aliphatic heterocycles. The van der Waals surface area contributed by atoms with Gasteiger partial charge in [0.05, 0.1) is 0 Å². The van der Waals surface area contributed by atoms with Gasteiger partial charge >= 0.3 is 0 Å². The van der Waals surface area contributed by atoms with Gasteiger partial charge < -0.3 is 9.80 Å². The van der Waals surface area contributed by atoms with Gasteiger partial charge in [-0.05, 0) is 58.9 Å². The van der Waals surface area contributed by atoms with Crippen LogP contribution < -0.4 is 0 Å². The van der Waals surface area contributed by atoms with Crippen LogP contribution in [0.3, 0.4) is 0 Å². The molecule has 0 N–H and O–H groups in total. The van der Waals surface area contributed by atoms with Gasteiger partial charge in [-0.3, -0.25) is 0 Å². The summed E-state index contributed by atoms with van der Waals surface area (Å²) in [6, 6.07) is 0. The maximum absolute atomic E-state index is 5.25. The molecular weight excluding hydrogens is 184 g/mol. The van der Waals surface area contributed by atoms with Gasteiger partial charge in [0.25, 0.3) is 0 Å². The molecule has 0 unspecified atom stereocenters. The van der Waals surface area contributed by atoms with E-state index in [9.17, 15) is 0 Å². The van der Waals surface area contributed by atoms with Crippen molar-refractivity contribution in [2.75, 3.05) is 40.3 Å². The number of piperidine rings is 1. The van der Waals surface area contributed by atoms with Gasteiger partial charge in [-0.25, -0.2) is 0 Å². The highest BCUT2D eigenvalue weighted by Crippen LogP contribution is 2.17. The van der Waals surface area contributed by atoms with Gasteiger partial charge in [0, 0.05) is 13.0 Å².